The van der Waals surface area contributed by atoms with Gasteiger partial charge in [0.25, 0.3) is 5.91 Å². The highest BCUT2D eigenvalue weighted by molar-refractivity contribution is 7.13. The Morgan fingerprint density at radius 1 is 1.77 bits per heavy atom. The quantitative estimate of drug-likeness (QED) is 0.780. The molecule has 0 aliphatic heterocycles. The molecule has 1 N–H and O–H groups in total. The molecule has 1 aromatic heterocycles. The molecule has 1 saturated carbocycles. The molecule has 0 bridgehead atoms. The van der Waals surface area contributed by atoms with Crippen LogP contribution in [0.4, 0.5) is 0 Å². The lowest BCUT2D eigenvalue weighted by molar-refractivity contribution is 0.0953. The summed E-state index contributed by atoms with van der Waals surface area (Å²) in [5, 5.41) is 3.90. The average Bonchev–Trinajstić information content (AvgIpc) is 2.62. The molecule has 1 heterocycles. The van der Waals surface area contributed by atoms with Crippen LogP contribution in [0.3, 0.4) is 0 Å². The Bertz CT molecular complexity index is 334. The molecule has 1 amide bonds. The zero-order chi connectivity index (χ0) is 9.42. The van der Waals surface area contributed by atoms with E-state index in [4.69, 9.17) is 0 Å². The maximum atomic E-state index is 11.5. The second-order valence-corrected chi connectivity index (χ2v) is 4.77. The van der Waals surface area contributed by atoms with Crippen LogP contribution in [0, 0.1) is 12.8 Å². The van der Waals surface area contributed by atoms with Gasteiger partial charge in [-0.2, -0.15) is 0 Å². The van der Waals surface area contributed by atoms with Crippen molar-refractivity contribution in [3.05, 3.63) is 16.1 Å². The largest absolute Gasteiger partial charge is 0.348 e. The summed E-state index contributed by atoms with van der Waals surface area (Å²) in [4.78, 5) is 16.3. The summed E-state index contributed by atoms with van der Waals surface area (Å²) in [6.07, 6.45) is 2.76. The van der Waals surface area contributed by atoms with Crippen molar-refractivity contribution in [2.75, 3.05) is 0 Å². The van der Waals surface area contributed by atoms with Gasteiger partial charge in [-0.1, -0.05) is 6.92 Å². The van der Waals surface area contributed by atoms with Crippen LogP contribution < -0.4 is 5.32 Å². The molecule has 0 radical (unpaired) electrons. The molecular weight excluding hydrogens is 184 g/mol. The number of carbonyl (C=O) groups is 1. The number of amides is 1. The average molecular weight is 196 g/mol. The van der Waals surface area contributed by atoms with Gasteiger partial charge in [-0.3, -0.25) is 4.79 Å². The molecule has 0 unspecified atom stereocenters. The van der Waals surface area contributed by atoms with E-state index in [9.17, 15) is 4.79 Å². The van der Waals surface area contributed by atoms with Gasteiger partial charge < -0.3 is 5.32 Å². The minimum atomic E-state index is 0.0277. The van der Waals surface area contributed by atoms with E-state index in [0.29, 0.717) is 12.0 Å². The molecule has 0 spiro atoms. The topological polar surface area (TPSA) is 42.0 Å². The van der Waals surface area contributed by atoms with E-state index < -0.39 is 0 Å². The third-order valence-electron chi connectivity index (χ3n) is 2.27. The van der Waals surface area contributed by atoms with E-state index in [0.717, 1.165) is 16.3 Å². The fraction of sp³-hybridized carbons (Fsp3) is 0.556. The molecular formula is C9H12N2OS. The predicted molar refractivity (Wildman–Crippen MR) is 51.9 cm³/mol. The molecule has 1 aromatic rings. The first-order valence-corrected chi connectivity index (χ1v) is 5.22. The van der Waals surface area contributed by atoms with Gasteiger partial charge in [-0.15, -0.1) is 11.3 Å². The van der Waals surface area contributed by atoms with Crippen molar-refractivity contribution < 1.29 is 4.79 Å². The van der Waals surface area contributed by atoms with E-state index >= 15 is 0 Å². The highest BCUT2D eigenvalue weighted by atomic mass is 32.1. The Hall–Kier alpha value is -0.900. The molecule has 3 nitrogen and oxygen atoms in total. The molecule has 2 atom stereocenters. The summed E-state index contributed by atoms with van der Waals surface area (Å²) in [6.45, 7) is 4.05. The van der Waals surface area contributed by atoms with Crippen molar-refractivity contribution in [3.63, 3.8) is 0 Å². The van der Waals surface area contributed by atoms with Gasteiger partial charge in [-0.25, -0.2) is 4.98 Å². The Labute approximate surface area is 81.2 Å². The summed E-state index contributed by atoms with van der Waals surface area (Å²) in [5.41, 5.74) is 0. The van der Waals surface area contributed by atoms with Crippen molar-refractivity contribution in [2.24, 2.45) is 5.92 Å². The second-order valence-electron chi connectivity index (χ2n) is 3.54. The highest BCUT2D eigenvalue weighted by Crippen LogP contribution is 2.29. The molecule has 1 fully saturated rings. The molecule has 1 aliphatic carbocycles. The number of carbonyl (C=O) groups excluding carboxylic acids is 1. The van der Waals surface area contributed by atoms with Crippen LogP contribution in [-0.2, 0) is 0 Å². The number of rotatable bonds is 2. The third-order valence-corrected chi connectivity index (χ3v) is 3.18. The Morgan fingerprint density at radius 2 is 2.46 bits per heavy atom. The molecule has 2 rings (SSSR count). The summed E-state index contributed by atoms with van der Waals surface area (Å²) >= 11 is 1.44. The number of thiazole rings is 1. The number of hydrogen-bond acceptors (Lipinski definition) is 3. The molecule has 4 heteroatoms. The van der Waals surface area contributed by atoms with Crippen LogP contribution in [0.2, 0.25) is 0 Å². The number of aryl methyl sites for hydroxylation is 1. The Kier molecular flexibility index (Phi) is 2.07. The number of nitrogens with one attached hydrogen (secondary N) is 1. The first-order chi connectivity index (χ1) is 6.16. The molecule has 0 aromatic carbocycles. The first-order valence-electron chi connectivity index (χ1n) is 4.40. The summed E-state index contributed by atoms with van der Waals surface area (Å²) < 4.78 is 0. The Balaban J connectivity index is 1.97. The third kappa shape index (κ3) is 1.88. The minimum absolute atomic E-state index is 0.0277. The zero-order valence-electron chi connectivity index (χ0n) is 7.70. The molecule has 70 valence electrons. The maximum Gasteiger partial charge on any atom is 0.263 e. The molecule has 0 saturated heterocycles. The lowest BCUT2D eigenvalue weighted by atomic mass is 10.4. The number of nitrogens with zero attached hydrogens (tertiary/aromatic N) is 1. The standard InChI is InChI=1S/C9H12N2OS/c1-5-3-7(5)11-9(12)8-4-10-6(2)13-8/h4-5,7H,3H2,1-2H3,(H,11,12)/t5-,7-/m1/s1. The van der Waals surface area contributed by atoms with Crippen LogP contribution in [0.15, 0.2) is 6.20 Å². The Morgan fingerprint density at radius 3 is 2.92 bits per heavy atom. The van der Waals surface area contributed by atoms with Crippen molar-refractivity contribution in [3.8, 4) is 0 Å². The van der Waals surface area contributed by atoms with E-state index in [1.807, 2.05) is 6.92 Å². The monoisotopic (exact) mass is 196 g/mol. The maximum absolute atomic E-state index is 11.5. The highest BCUT2D eigenvalue weighted by Gasteiger charge is 2.34. The van der Waals surface area contributed by atoms with Crippen LogP contribution in [-0.4, -0.2) is 16.9 Å². The predicted octanol–water partition coefficient (Wildman–Crippen LogP) is 1.59. The summed E-state index contributed by atoms with van der Waals surface area (Å²) in [7, 11) is 0. The molecule has 1 aliphatic rings. The van der Waals surface area contributed by atoms with Gasteiger partial charge in [0.1, 0.15) is 4.88 Å². The second kappa shape index (κ2) is 3.10. The van der Waals surface area contributed by atoms with Gasteiger partial charge in [-0.05, 0) is 19.3 Å². The van der Waals surface area contributed by atoms with Crippen molar-refractivity contribution in [1.82, 2.24) is 10.3 Å². The fourth-order valence-corrected chi connectivity index (χ4v) is 1.91. The van der Waals surface area contributed by atoms with Gasteiger partial charge in [0.05, 0.1) is 11.2 Å². The fourth-order valence-electron chi connectivity index (χ4n) is 1.23. The van der Waals surface area contributed by atoms with Crippen LogP contribution >= 0.6 is 11.3 Å². The van der Waals surface area contributed by atoms with Gasteiger partial charge in [0.2, 0.25) is 0 Å². The lowest BCUT2D eigenvalue weighted by Crippen LogP contribution is -2.25. The van der Waals surface area contributed by atoms with Crippen molar-refractivity contribution in [1.29, 1.82) is 0 Å². The van der Waals surface area contributed by atoms with Crippen molar-refractivity contribution in [2.45, 2.75) is 26.3 Å². The van der Waals surface area contributed by atoms with Gasteiger partial charge in [0, 0.05) is 6.04 Å². The van der Waals surface area contributed by atoms with Gasteiger partial charge in [0.15, 0.2) is 0 Å². The van der Waals surface area contributed by atoms with Crippen LogP contribution in [0.5, 0.6) is 0 Å². The van der Waals surface area contributed by atoms with E-state index in [1.54, 1.807) is 6.20 Å². The van der Waals surface area contributed by atoms with E-state index in [2.05, 4.69) is 17.2 Å². The van der Waals surface area contributed by atoms with E-state index in [-0.39, 0.29) is 5.91 Å². The number of aromatic nitrogens is 1. The van der Waals surface area contributed by atoms with E-state index in [1.165, 1.54) is 11.3 Å². The zero-order valence-corrected chi connectivity index (χ0v) is 8.52. The van der Waals surface area contributed by atoms with Crippen LogP contribution in [0.1, 0.15) is 28.0 Å². The van der Waals surface area contributed by atoms with Crippen LogP contribution in [0.25, 0.3) is 0 Å². The summed E-state index contributed by atoms with van der Waals surface area (Å²) in [6, 6.07) is 0.398. The molecule has 13 heavy (non-hydrogen) atoms. The first kappa shape index (κ1) is 8.69. The normalized spacial score (nSPS) is 25.7. The minimum Gasteiger partial charge on any atom is -0.348 e. The van der Waals surface area contributed by atoms with Gasteiger partial charge >= 0.3 is 0 Å². The van der Waals surface area contributed by atoms with Crippen molar-refractivity contribution >= 4 is 17.2 Å². The summed E-state index contributed by atoms with van der Waals surface area (Å²) in [5.74, 6) is 0.679. The number of hydrogen-bond donors (Lipinski definition) is 1. The SMILES string of the molecule is Cc1ncc(C(=O)N[C@@H]2C[C@H]2C)s1. The smallest absolute Gasteiger partial charge is 0.263 e. The lowest BCUT2D eigenvalue weighted by Gasteiger charge is -1.99.